The van der Waals surface area contributed by atoms with Gasteiger partial charge in [-0.25, -0.2) is 0 Å². The molecule has 38 heavy (non-hydrogen) atoms. The molecule has 0 aromatic heterocycles. The number of carbonyl (C=O) groups excluding carboxylic acids is 3. The molecule has 0 saturated heterocycles. The molecule has 0 spiro atoms. The van der Waals surface area contributed by atoms with Crippen LogP contribution in [0.3, 0.4) is 0 Å². The fourth-order valence-corrected chi connectivity index (χ4v) is 6.11. The maximum absolute atomic E-state index is 13.6. The minimum atomic E-state index is -0.510. The zero-order valence-electron chi connectivity index (χ0n) is 22.9. The lowest BCUT2D eigenvalue weighted by Gasteiger charge is -2.44. The third-order valence-electron chi connectivity index (χ3n) is 7.61. The summed E-state index contributed by atoms with van der Waals surface area (Å²) in [6.45, 7) is 10.2. The summed E-state index contributed by atoms with van der Waals surface area (Å²) in [6, 6.07) is 15.1. The third kappa shape index (κ3) is 5.17. The molecule has 1 heterocycles. The van der Waals surface area contributed by atoms with Crippen LogP contribution in [0, 0.1) is 17.8 Å². The number of allylic oxidation sites excluding steroid dienone is 4. The lowest BCUT2D eigenvalue weighted by molar-refractivity contribution is -0.120. The van der Waals surface area contributed by atoms with Gasteiger partial charge in [0.25, 0.3) is 5.91 Å². The number of carbonyl (C=O) groups is 3. The summed E-state index contributed by atoms with van der Waals surface area (Å²) < 4.78 is 6.07. The van der Waals surface area contributed by atoms with Gasteiger partial charge < -0.3 is 15.4 Å². The van der Waals surface area contributed by atoms with Gasteiger partial charge in [-0.05, 0) is 54.4 Å². The SMILES string of the molecule is Cc1cccc(NC(=O)COc2ccccc2C2C3=C(CC(C)(C)CC3=O)NC3=C2C(=O)CC(C)(C)C3)c1. The van der Waals surface area contributed by atoms with E-state index in [4.69, 9.17) is 4.74 Å². The van der Waals surface area contributed by atoms with Crippen LogP contribution in [0.5, 0.6) is 5.75 Å². The van der Waals surface area contributed by atoms with Gasteiger partial charge >= 0.3 is 0 Å². The zero-order chi connectivity index (χ0) is 27.2. The van der Waals surface area contributed by atoms with Crippen LogP contribution in [0.4, 0.5) is 5.69 Å². The molecule has 0 radical (unpaired) electrons. The number of aryl methyl sites for hydroxylation is 1. The van der Waals surface area contributed by atoms with Gasteiger partial charge in [-0.2, -0.15) is 0 Å². The molecule has 198 valence electrons. The number of anilines is 1. The number of ketones is 2. The summed E-state index contributed by atoms with van der Waals surface area (Å²) in [4.78, 5) is 39.9. The first-order chi connectivity index (χ1) is 17.9. The predicted octanol–water partition coefficient (Wildman–Crippen LogP) is 5.99. The van der Waals surface area contributed by atoms with Gasteiger partial charge in [0.2, 0.25) is 0 Å². The minimum absolute atomic E-state index is 0.0601. The summed E-state index contributed by atoms with van der Waals surface area (Å²) in [7, 11) is 0. The summed E-state index contributed by atoms with van der Waals surface area (Å²) in [5.74, 6) is -0.159. The molecule has 0 saturated carbocycles. The number of benzene rings is 2. The van der Waals surface area contributed by atoms with Crippen LogP contribution >= 0.6 is 0 Å². The van der Waals surface area contributed by atoms with Crippen molar-refractivity contribution in [3.05, 3.63) is 82.2 Å². The molecule has 0 atom stereocenters. The highest BCUT2D eigenvalue weighted by Gasteiger charge is 2.47. The molecule has 2 aromatic rings. The van der Waals surface area contributed by atoms with Gasteiger partial charge in [0, 0.05) is 52.6 Å². The van der Waals surface area contributed by atoms with Crippen molar-refractivity contribution in [3.63, 3.8) is 0 Å². The van der Waals surface area contributed by atoms with E-state index in [0.29, 0.717) is 35.4 Å². The van der Waals surface area contributed by atoms with E-state index >= 15 is 0 Å². The Balaban J connectivity index is 1.51. The van der Waals surface area contributed by atoms with Gasteiger partial charge in [-0.1, -0.05) is 58.0 Å². The van der Waals surface area contributed by atoms with E-state index in [1.807, 2.05) is 55.5 Å². The highest BCUT2D eigenvalue weighted by Crippen LogP contribution is 2.52. The fourth-order valence-electron chi connectivity index (χ4n) is 6.11. The molecule has 5 rings (SSSR count). The van der Waals surface area contributed by atoms with Crippen molar-refractivity contribution in [1.29, 1.82) is 0 Å². The van der Waals surface area contributed by atoms with Crippen molar-refractivity contribution >= 4 is 23.2 Å². The van der Waals surface area contributed by atoms with Crippen LogP contribution in [-0.2, 0) is 14.4 Å². The third-order valence-corrected chi connectivity index (χ3v) is 7.61. The van der Waals surface area contributed by atoms with Crippen molar-refractivity contribution in [2.24, 2.45) is 10.8 Å². The lowest BCUT2D eigenvalue weighted by Crippen LogP contribution is -2.42. The number of para-hydroxylation sites is 1. The predicted molar refractivity (Wildman–Crippen MR) is 148 cm³/mol. The van der Waals surface area contributed by atoms with Gasteiger partial charge in [0.15, 0.2) is 18.2 Å². The normalized spacial score (nSPS) is 20.4. The van der Waals surface area contributed by atoms with E-state index in [1.54, 1.807) is 0 Å². The Morgan fingerprint density at radius 2 is 1.50 bits per heavy atom. The molecule has 0 bridgehead atoms. The minimum Gasteiger partial charge on any atom is -0.483 e. The second-order valence-corrected chi connectivity index (χ2v) is 12.5. The van der Waals surface area contributed by atoms with Gasteiger partial charge in [0.1, 0.15) is 5.75 Å². The molecule has 6 nitrogen and oxygen atoms in total. The van der Waals surface area contributed by atoms with Crippen molar-refractivity contribution < 1.29 is 19.1 Å². The summed E-state index contributed by atoms with van der Waals surface area (Å²) >= 11 is 0. The number of dihydropyridines is 1. The first kappa shape index (κ1) is 26.0. The summed E-state index contributed by atoms with van der Waals surface area (Å²) in [5.41, 5.74) is 5.33. The number of ether oxygens (including phenoxy) is 1. The molecule has 3 aliphatic rings. The second-order valence-electron chi connectivity index (χ2n) is 12.5. The zero-order valence-corrected chi connectivity index (χ0v) is 22.9. The first-order valence-corrected chi connectivity index (χ1v) is 13.3. The molecule has 6 heteroatoms. The van der Waals surface area contributed by atoms with Crippen LogP contribution in [0.15, 0.2) is 71.1 Å². The smallest absolute Gasteiger partial charge is 0.262 e. The molecular formula is C32H36N2O4. The molecule has 2 aromatic carbocycles. The van der Waals surface area contributed by atoms with Crippen molar-refractivity contribution in [1.82, 2.24) is 5.32 Å². The number of nitrogens with one attached hydrogen (secondary N) is 2. The number of hydrogen-bond donors (Lipinski definition) is 2. The highest BCUT2D eigenvalue weighted by atomic mass is 16.5. The Morgan fingerprint density at radius 3 is 2.11 bits per heavy atom. The highest BCUT2D eigenvalue weighted by molar-refractivity contribution is 6.07. The van der Waals surface area contributed by atoms with Crippen molar-refractivity contribution in [2.45, 2.75) is 66.2 Å². The molecule has 0 unspecified atom stereocenters. The Hall–Kier alpha value is -3.67. The molecule has 0 fully saturated rings. The quantitative estimate of drug-likeness (QED) is 0.514. The Morgan fingerprint density at radius 1 is 0.895 bits per heavy atom. The van der Waals surface area contributed by atoms with Crippen molar-refractivity contribution in [3.8, 4) is 5.75 Å². The van der Waals surface area contributed by atoms with Gasteiger partial charge in [-0.3, -0.25) is 14.4 Å². The van der Waals surface area contributed by atoms with Crippen molar-refractivity contribution in [2.75, 3.05) is 11.9 Å². The van der Waals surface area contributed by atoms with Crippen LogP contribution in [0.2, 0.25) is 0 Å². The average molecular weight is 513 g/mol. The van der Waals surface area contributed by atoms with Crippen LogP contribution < -0.4 is 15.4 Å². The topological polar surface area (TPSA) is 84.5 Å². The van der Waals surface area contributed by atoms with E-state index < -0.39 is 5.92 Å². The fraction of sp³-hybridized carbons (Fsp3) is 0.406. The summed E-state index contributed by atoms with van der Waals surface area (Å²) in [5, 5.41) is 6.42. The van der Waals surface area contributed by atoms with Crippen LogP contribution in [0.25, 0.3) is 0 Å². The number of Topliss-reactive ketones (excluding diaryl/α,β-unsaturated/α-hetero) is 2. The maximum Gasteiger partial charge on any atom is 0.262 e. The lowest BCUT2D eigenvalue weighted by atomic mass is 9.64. The average Bonchev–Trinajstić information content (AvgIpc) is 2.80. The molecule has 2 aliphatic carbocycles. The monoisotopic (exact) mass is 512 g/mol. The first-order valence-electron chi connectivity index (χ1n) is 13.3. The Kier molecular flexibility index (Phi) is 6.54. The van der Waals surface area contributed by atoms with E-state index in [-0.39, 0.29) is 34.9 Å². The number of amides is 1. The van der Waals surface area contributed by atoms with Crippen LogP contribution in [0.1, 0.15) is 70.4 Å². The Bertz CT molecular complexity index is 1340. The van der Waals surface area contributed by atoms with E-state index in [0.717, 1.165) is 35.4 Å². The summed E-state index contributed by atoms with van der Waals surface area (Å²) in [6.07, 6.45) is 2.32. The van der Waals surface area contributed by atoms with Gasteiger partial charge in [0.05, 0.1) is 0 Å². The molecular weight excluding hydrogens is 476 g/mol. The van der Waals surface area contributed by atoms with Crippen LogP contribution in [-0.4, -0.2) is 24.1 Å². The maximum atomic E-state index is 13.6. The molecule has 1 aliphatic heterocycles. The van der Waals surface area contributed by atoms with Gasteiger partial charge in [-0.15, -0.1) is 0 Å². The number of rotatable bonds is 5. The second kappa shape index (κ2) is 9.57. The molecule has 2 N–H and O–H groups in total. The standard InChI is InChI=1S/C32H36N2O4/c1-19-9-8-10-20(13-19)33-27(37)18-38-26-12-7-6-11-21(26)28-29-22(14-31(2,3)16-24(29)35)34-23-15-32(4,5)17-25(36)30(23)28/h6-13,28,34H,14-18H2,1-5H3,(H,33,37). The largest absolute Gasteiger partial charge is 0.483 e. The van der Waals surface area contributed by atoms with E-state index in [2.05, 4.69) is 38.3 Å². The number of hydrogen-bond acceptors (Lipinski definition) is 5. The Labute approximate surface area is 224 Å². The van der Waals surface area contributed by atoms with E-state index in [9.17, 15) is 14.4 Å². The molecule has 1 amide bonds. The van der Waals surface area contributed by atoms with E-state index in [1.165, 1.54) is 0 Å².